The fourth-order valence-corrected chi connectivity index (χ4v) is 2.66. The van der Waals surface area contributed by atoms with Crippen LogP contribution in [0.25, 0.3) is 0 Å². The van der Waals surface area contributed by atoms with Gasteiger partial charge in [-0.25, -0.2) is 0 Å². The molecule has 138 valence electrons. The van der Waals surface area contributed by atoms with Crippen molar-refractivity contribution < 1.29 is 19.4 Å². The van der Waals surface area contributed by atoms with Crippen molar-refractivity contribution in [1.29, 1.82) is 0 Å². The summed E-state index contributed by atoms with van der Waals surface area (Å²) in [7, 11) is 1.50. The Hall–Kier alpha value is -2.53. The van der Waals surface area contributed by atoms with Crippen LogP contribution < -0.4 is 10.1 Å². The average molecular weight is 376 g/mol. The lowest BCUT2D eigenvalue weighted by atomic mass is 9.84. The molecule has 2 aromatic carbocycles. The van der Waals surface area contributed by atoms with E-state index in [2.05, 4.69) is 5.32 Å². The second-order valence-electron chi connectivity index (χ2n) is 6.48. The Labute approximate surface area is 157 Å². The number of carboxylic acids is 1. The molecule has 0 fully saturated rings. The first-order valence-corrected chi connectivity index (χ1v) is 8.58. The summed E-state index contributed by atoms with van der Waals surface area (Å²) in [5.74, 6) is -0.659. The second kappa shape index (κ2) is 8.23. The molecule has 0 atom stereocenters. The number of nitrogens with one attached hydrogen (secondary N) is 1. The average Bonchev–Trinajstić information content (AvgIpc) is 2.61. The minimum atomic E-state index is -0.935. The molecular formula is C20H22ClNO4. The van der Waals surface area contributed by atoms with E-state index in [0.717, 1.165) is 11.1 Å². The van der Waals surface area contributed by atoms with E-state index in [1.165, 1.54) is 7.11 Å². The monoisotopic (exact) mass is 375 g/mol. The van der Waals surface area contributed by atoms with E-state index in [0.29, 0.717) is 29.3 Å². The molecular weight excluding hydrogens is 354 g/mol. The van der Waals surface area contributed by atoms with Crippen LogP contribution in [-0.2, 0) is 16.6 Å². The van der Waals surface area contributed by atoms with Crippen LogP contribution in [0.1, 0.15) is 35.3 Å². The molecule has 1 amide bonds. The zero-order valence-electron chi connectivity index (χ0n) is 15.0. The van der Waals surface area contributed by atoms with Gasteiger partial charge in [-0.3, -0.25) is 9.59 Å². The van der Waals surface area contributed by atoms with E-state index in [1.54, 1.807) is 32.0 Å². The van der Waals surface area contributed by atoms with Gasteiger partial charge in [-0.05, 0) is 49.6 Å². The standard InChI is InChI=1S/C20H22ClNO4/c1-20(2,19(24)25)14-6-4-13(5-7-14)10-11-22-18(23)16-12-15(21)8-9-17(16)26-3/h4-9,12H,10-11H2,1-3H3,(H,22,23)(H,24,25). The van der Waals surface area contributed by atoms with Crippen molar-refractivity contribution in [1.82, 2.24) is 5.32 Å². The lowest BCUT2D eigenvalue weighted by molar-refractivity contribution is -0.142. The Morgan fingerprint density at radius 2 is 1.81 bits per heavy atom. The predicted molar refractivity (Wildman–Crippen MR) is 101 cm³/mol. The molecule has 0 aliphatic heterocycles. The van der Waals surface area contributed by atoms with Crippen molar-refractivity contribution in [3.63, 3.8) is 0 Å². The van der Waals surface area contributed by atoms with Crippen LogP contribution >= 0.6 is 11.6 Å². The van der Waals surface area contributed by atoms with E-state index in [1.807, 2.05) is 24.3 Å². The number of ether oxygens (including phenoxy) is 1. The number of halogens is 1. The summed E-state index contributed by atoms with van der Waals surface area (Å²) in [4.78, 5) is 23.6. The van der Waals surface area contributed by atoms with Crippen LogP contribution in [0.5, 0.6) is 5.75 Å². The van der Waals surface area contributed by atoms with Crippen LogP contribution in [0, 0.1) is 0 Å². The van der Waals surface area contributed by atoms with Crippen LogP contribution in [0.15, 0.2) is 42.5 Å². The van der Waals surface area contributed by atoms with Gasteiger partial charge in [-0.2, -0.15) is 0 Å². The van der Waals surface area contributed by atoms with Gasteiger partial charge in [0.05, 0.1) is 18.1 Å². The van der Waals surface area contributed by atoms with E-state index in [4.69, 9.17) is 16.3 Å². The number of benzene rings is 2. The second-order valence-corrected chi connectivity index (χ2v) is 6.91. The maximum atomic E-state index is 12.3. The van der Waals surface area contributed by atoms with E-state index >= 15 is 0 Å². The van der Waals surface area contributed by atoms with Gasteiger partial charge in [0.1, 0.15) is 5.75 Å². The number of carbonyl (C=O) groups is 2. The van der Waals surface area contributed by atoms with Crippen molar-refractivity contribution in [3.8, 4) is 5.75 Å². The quantitative estimate of drug-likeness (QED) is 0.774. The van der Waals surface area contributed by atoms with Gasteiger partial charge in [0.15, 0.2) is 0 Å². The predicted octanol–water partition coefficient (Wildman–Crippen LogP) is 3.68. The lowest BCUT2D eigenvalue weighted by Crippen LogP contribution is -2.28. The Bertz CT molecular complexity index is 800. The van der Waals surface area contributed by atoms with Gasteiger partial charge in [0, 0.05) is 11.6 Å². The molecule has 0 aliphatic rings. The van der Waals surface area contributed by atoms with Gasteiger partial charge < -0.3 is 15.2 Å². The third kappa shape index (κ3) is 4.55. The van der Waals surface area contributed by atoms with Gasteiger partial charge in [-0.15, -0.1) is 0 Å². The highest BCUT2D eigenvalue weighted by atomic mass is 35.5. The molecule has 2 aromatic rings. The summed E-state index contributed by atoms with van der Waals surface area (Å²) in [5, 5.41) is 12.6. The zero-order valence-corrected chi connectivity index (χ0v) is 15.8. The number of methoxy groups -OCH3 is 1. The molecule has 0 aromatic heterocycles. The topological polar surface area (TPSA) is 75.6 Å². The first kappa shape index (κ1) is 19.8. The van der Waals surface area contributed by atoms with Gasteiger partial charge >= 0.3 is 5.97 Å². The number of carboxylic acid groups (broad SMARTS) is 1. The van der Waals surface area contributed by atoms with Crippen LogP contribution in [-0.4, -0.2) is 30.6 Å². The molecule has 0 spiro atoms. The van der Waals surface area contributed by atoms with Gasteiger partial charge in [0.25, 0.3) is 5.91 Å². The largest absolute Gasteiger partial charge is 0.496 e. The van der Waals surface area contributed by atoms with Gasteiger partial charge in [-0.1, -0.05) is 35.9 Å². The molecule has 0 saturated heterocycles. The van der Waals surface area contributed by atoms with E-state index < -0.39 is 11.4 Å². The maximum Gasteiger partial charge on any atom is 0.313 e. The van der Waals surface area contributed by atoms with Crippen molar-refractivity contribution in [3.05, 3.63) is 64.2 Å². The molecule has 0 saturated carbocycles. The normalized spacial score (nSPS) is 11.1. The first-order valence-electron chi connectivity index (χ1n) is 8.20. The van der Waals surface area contributed by atoms with E-state index in [9.17, 15) is 14.7 Å². The third-order valence-electron chi connectivity index (χ3n) is 4.32. The highest BCUT2D eigenvalue weighted by molar-refractivity contribution is 6.31. The molecule has 2 rings (SSSR count). The molecule has 26 heavy (non-hydrogen) atoms. The van der Waals surface area contributed by atoms with Crippen LogP contribution in [0.2, 0.25) is 5.02 Å². The molecule has 0 radical (unpaired) electrons. The Morgan fingerprint density at radius 3 is 2.38 bits per heavy atom. The number of hydrogen-bond acceptors (Lipinski definition) is 3. The van der Waals surface area contributed by atoms with Crippen LogP contribution in [0.3, 0.4) is 0 Å². The van der Waals surface area contributed by atoms with Crippen LogP contribution in [0.4, 0.5) is 0 Å². The molecule has 0 heterocycles. The molecule has 0 unspecified atom stereocenters. The molecule has 0 aliphatic carbocycles. The Kier molecular flexibility index (Phi) is 6.27. The minimum absolute atomic E-state index is 0.256. The SMILES string of the molecule is COc1ccc(Cl)cc1C(=O)NCCc1ccc(C(C)(C)C(=O)O)cc1. The fourth-order valence-electron chi connectivity index (χ4n) is 2.48. The maximum absolute atomic E-state index is 12.3. The van der Waals surface area contributed by atoms with Gasteiger partial charge in [0.2, 0.25) is 0 Å². The summed E-state index contributed by atoms with van der Waals surface area (Å²) in [6.45, 7) is 3.78. The molecule has 5 nitrogen and oxygen atoms in total. The third-order valence-corrected chi connectivity index (χ3v) is 4.55. The van der Waals surface area contributed by atoms with Crippen molar-refractivity contribution >= 4 is 23.5 Å². The highest BCUT2D eigenvalue weighted by Crippen LogP contribution is 2.24. The summed E-state index contributed by atoms with van der Waals surface area (Å²) in [6, 6.07) is 12.3. The fraction of sp³-hybridized carbons (Fsp3) is 0.300. The smallest absolute Gasteiger partial charge is 0.313 e. The summed E-state index contributed by atoms with van der Waals surface area (Å²) in [6.07, 6.45) is 0.627. The Morgan fingerprint density at radius 1 is 1.15 bits per heavy atom. The molecule has 6 heteroatoms. The first-order chi connectivity index (χ1) is 12.3. The minimum Gasteiger partial charge on any atom is -0.496 e. The molecule has 2 N–H and O–H groups in total. The number of carbonyl (C=O) groups excluding carboxylic acids is 1. The lowest BCUT2D eigenvalue weighted by Gasteiger charge is -2.19. The zero-order chi connectivity index (χ0) is 19.3. The molecule has 0 bridgehead atoms. The number of hydrogen-bond donors (Lipinski definition) is 2. The highest BCUT2D eigenvalue weighted by Gasteiger charge is 2.29. The summed E-state index contributed by atoms with van der Waals surface area (Å²) in [5.41, 5.74) is 1.20. The van der Waals surface area contributed by atoms with Crippen molar-refractivity contribution in [2.24, 2.45) is 0 Å². The summed E-state index contributed by atoms with van der Waals surface area (Å²) >= 11 is 5.94. The Balaban J connectivity index is 1.97. The van der Waals surface area contributed by atoms with Crippen molar-refractivity contribution in [2.75, 3.05) is 13.7 Å². The number of rotatable bonds is 7. The van der Waals surface area contributed by atoms with Crippen molar-refractivity contribution in [2.45, 2.75) is 25.7 Å². The number of amides is 1. The van der Waals surface area contributed by atoms with E-state index in [-0.39, 0.29) is 5.91 Å². The number of aliphatic carboxylic acids is 1. The summed E-state index contributed by atoms with van der Waals surface area (Å²) < 4.78 is 5.18.